The number of halogens is 2. The molecule has 0 fully saturated rings. The minimum Gasteiger partial charge on any atom is -0.492 e. The fourth-order valence-electron chi connectivity index (χ4n) is 3.59. The summed E-state index contributed by atoms with van der Waals surface area (Å²) < 4.78 is 11.6. The third-order valence-corrected chi connectivity index (χ3v) is 5.98. The lowest BCUT2D eigenvalue weighted by atomic mass is 10.1. The Balaban J connectivity index is 1.42. The van der Waals surface area contributed by atoms with Crippen molar-refractivity contribution in [1.29, 1.82) is 0 Å². The number of rotatable bonds is 7. The standard InChI is InChI=1S/C27H24Cl2N2O4/c1-17-3-9-22(10-4-17)34-14-13-31-24-11-8-21(16-25(24)35-18(2)27(31)33)30-26(32)12-6-19-5-7-20(28)15-23(19)29/h3-12,15-16,18H,13-14H2,1-2H3,(H,30,32)/b12-6+. The van der Waals surface area contributed by atoms with Crippen molar-refractivity contribution in [2.24, 2.45) is 0 Å². The predicted octanol–water partition coefficient (Wildman–Crippen LogP) is 6.15. The number of aryl methyl sites for hydroxylation is 1. The smallest absolute Gasteiger partial charge is 0.267 e. The number of benzene rings is 3. The van der Waals surface area contributed by atoms with Crippen LogP contribution in [0.3, 0.4) is 0 Å². The summed E-state index contributed by atoms with van der Waals surface area (Å²) in [6.07, 6.45) is 2.34. The summed E-state index contributed by atoms with van der Waals surface area (Å²) in [5.41, 5.74) is 2.99. The second-order valence-corrected chi connectivity index (χ2v) is 8.93. The minimum atomic E-state index is -0.653. The lowest BCUT2D eigenvalue weighted by Gasteiger charge is -2.33. The highest BCUT2D eigenvalue weighted by atomic mass is 35.5. The summed E-state index contributed by atoms with van der Waals surface area (Å²) in [6, 6.07) is 18.0. The molecule has 6 nitrogen and oxygen atoms in total. The monoisotopic (exact) mass is 510 g/mol. The maximum Gasteiger partial charge on any atom is 0.267 e. The van der Waals surface area contributed by atoms with Crippen molar-refractivity contribution in [3.63, 3.8) is 0 Å². The molecule has 2 amide bonds. The van der Waals surface area contributed by atoms with Crippen molar-refractivity contribution >= 4 is 52.5 Å². The molecule has 0 aliphatic carbocycles. The van der Waals surface area contributed by atoms with E-state index in [0.717, 1.165) is 11.3 Å². The molecule has 1 unspecified atom stereocenters. The molecule has 0 radical (unpaired) electrons. The van der Waals surface area contributed by atoms with E-state index in [4.69, 9.17) is 32.7 Å². The van der Waals surface area contributed by atoms with Crippen molar-refractivity contribution in [2.75, 3.05) is 23.4 Å². The summed E-state index contributed by atoms with van der Waals surface area (Å²) in [5.74, 6) is 0.773. The van der Waals surface area contributed by atoms with Crippen molar-refractivity contribution in [1.82, 2.24) is 0 Å². The van der Waals surface area contributed by atoms with Crippen LogP contribution in [-0.2, 0) is 9.59 Å². The van der Waals surface area contributed by atoms with E-state index in [1.807, 2.05) is 31.2 Å². The van der Waals surface area contributed by atoms with E-state index >= 15 is 0 Å². The number of hydrogen-bond donors (Lipinski definition) is 1. The van der Waals surface area contributed by atoms with Gasteiger partial charge in [-0.3, -0.25) is 9.59 Å². The Morgan fingerprint density at radius 2 is 1.89 bits per heavy atom. The van der Waals surface area contributed by atoms with Crippen LogP contribution in [-0.4, -0.2) is 31.1 Å². The molecular weight excluding hydrogens is 487 g/mol. The molecule has 1 N–H and O–H groups in total. The fraction of sp³-hybridized carbons (Fsp3) is 0.185. The Kier molecular flexibility index (Phi) is 7.63. The summed E-state index contributed by atoms with van der Waals surface area (Å²) in [7, 11) is 0. The zero-order valence-electron chi connectivity index (χ0n) is 19.3. The minimum absolute atomic E-state index is 0.149. The van der Waals surface area contributed by atoms with Gasteiger partial charge in [0.25, 0.3) is 5.91 Å². The molecule has 3 aromatic rings. The van der Waals surface area contributed by atoms with E-state index in [0.29, 0.717) is 45.9 Å². The molecule has 1 aliphatic heterocycles. The van der Waals surface area contributed by atoms with Crippen LogP contribution in [0.5, 0.6) is 11.5 Å². The second kappa shape index (κ2) is 10.8. The van der Waals surface area contributed by atoms with Gasteiger partial charge in [0.1, 0.15) is 18.1 Å². The lowest BCUT2D eigenvalue weighted by Crippen LogP contribution is -2.46. The molecule has 35 heavy (non-hydrogen) atoms. The Hall–Kier alpha value is -3.48. The molecule has 0 aromatic heterocycles. The first kappa shape index (κ1) is 24.6. The van der Waals surface area contributed by atoms with E-state index in [9.17, 15) is 9.59 Å². The molecular formula is C27H24Cl2N2O4. The molecule has 1 heterocycles. The number of fused-ring (bicyclic) bond motifs is 1. The van der Waals surface area contributed by atoms with Gasteiger partial charge >= 0.3 is 0 Å². The average molecular weight is 511 g/mol. The third-order valence-electron chi connectivity index (χ3n) is 5.42. The number of hydrogen-bond acceptors (Lipinski definition) is 4. The Morgan fingerprint density at radius 3 is 2.63 bits per heavy atom. The SMILES string of the molecule is Cc1ccc(OCCN2C(=O)C(C)Oc3cc(NC(=O)/C=C/c4ccc(Cl)cc4Cl)ccc32)cc1. The van der Waals surface area contributed by atoms with Gasteiger partial charge in [-0.15, -0.1) is 0 Å². The van der Waals surface area contributed by atoms with Gasteiger partial charge in [-0.25, -0.2) is 0 Å². The molecule has 8 heteroatoms. The molecule has 0 spiro atoms. The average Bonchev–Trinajstić information content (AvgIpc) is 2.82. The number of carbonyl (C=O) groups is 2. The highest BCUT2D eigenvalue weighted by molar-refractivity contribution is 6.35. The number of ether oxygens (including phenoxy) is 2. The highest BCUT2D eigenvalue weighted by Crippen LogP contribution is 2.36. The number of nitrogens with one attached hydrogen (secondary N) is 1. The largest absolute Gasteiger partial charge is 0.492 e. The fourth-order valence-corrected chi connectivity index (χ4v) is 4.07. The molecule has 4 rings (SSSR count). The maximum absolute atomic E-state index is 12.8. The molecule has 180 valence electrons. The number of carbonyl (C=O) groups excluding carboxylic acids is 2. The van der Waals surface area contributed by atoms with Crippen LogP contribution in [0.1, 0.15) is 18.1 Å². The summed E-state index contributed by atoms with van der Waals surface area (Å²) in [6.45, 7) is 4.40. The molecule has 1 aliphatic rings. The molecule has 1 atom stereocenters. The van der Waals surface area contributed by atoms with Gasteiger partial charge in [-0.05, 0) is 61.9 Å². The van der Waals surface area contributed by atoms with E-state index < -0.39 is 6.10 Å². The van der Waals surface area contributed by atoms with Crippen molar-refractivity contribution in [3.05, 3.63) is 87.9 Å². The summed E-state index contributed by atoms with van der Waals surface area (Å²) >= 11 is 12.0. The van der Waals surface area contributed by atoms with Gasteiger partial charge in [0.15, 0.2) is 6.10 Å². The van der Waals surface area contributed by atoms with Crippen LogP contribution in [0.15, 0.2) is 66.7 Å². The Labute approximate surface area is 214 Å². The van der Waals surface area contributed by atoms with Crippen molar-refractivity contribution < 1.29 is 19.1 Å². The first-order valence-corrected chi connectivity index (χ1v) is 11.8. The van der Waals surface area contributed by atoms with Gasteiger partial charge < -0.3 is 19.7 Å². The Morgan fingerprint density at radius 1 is 1.11 bits per heavy atom. The van der Waals surface area contributed by atoms with Crippen LogP contribution in [0, 0.1) is 6.92 Å². The zero-order chi connectivity index (χ0) is 24.9. The van der Waals surface area contributed by atoms with E-state index in [1.165, 1.54) is 6.08 Å². The highest BCUT2D eigenvalue weighted by Gasteiger charge is 2.31. The first-order valence-electron chi connectivity index (χ1n) is 11.1. The number of nitrogens with zero attached hydrogens (tertiary/aromatic N) is 1. The molecule has 0 saturated heterocycles. The summed E-state index contributed by atoms with van der Waals surface area (Å²) in [5, 5.41) is 3.78. The van der Waals surface area contributed by atoms with E-state index in [1.54, 1.807) is 54.3 Å². The van der Waals surface area contributed by atoms with E-state index in [-0.39, 0.29) is 11.8 Å². The van der Waals surface area contributed by atoms with Crippen LogP contribution >= 0.6 is 23.2 Å². The van der Waals surface area contributed by atoms with Crippen molar-refractivity contribution in [2.45, 2.75) is 20.0 Å². The van der Waals surface area contributed by atoms with Gasteiger partial charge in [0.2, 0.25) is 5.91 Å². The van der Waals surface area contributed by atoms with Crippen LogP contribution in [0.4, 0.5) is 11.4 Å². The summed E-state index contributed by atoms with van der Waals surface area (Å²) in [4.78, 5) is 26.8. The predicted molar refractivity (Wildman–Crippen MR) is 140 cm³/mol. The zero-order valence-corrected chi connectivity index (χ0v) is 20.8. The van der Waals surface area contributed by atoms with Gasteiger partial charge in [0.05, 0.1) is 12.2 Å². The molecule has 0 saturated carbocycles. The normalized spacial score (nSPS) is 15.0. The lowest BCUT2D eigenvalue weighted by molar-refractivity contribution is -0.125. The first-order chi connectivity index (χ1) is 16.8. The van der Waals surface area contributed by atoms with Crippen molar-refractivity contribution in [3.8, 4) is 11.5 Å². The second-order valence-electron chi connectivity index (χ2n) is 8.08. The van der Waals surface area contributed by atoms with Gasteiger partial charge in [-0.1, -0.05) is 47.0 Å². The van der Waals surface area contributed by atoms with Crippen LogP contribution in [0.2, 0.25) is 10.0 Å². The number of anilines is 2. The van der Waals surface area contributed by atoms with Crippen LogP contribution < -0.4 is 19.7 Å². The quantitative estimate of drug-likeness (QED) is 0.387. The Bertz CT molecular complexity index is 1270. The van der Waals surface area contributed by atoms with Crippen LogP contribution in [0.25, 0.3) is 6.08 Å². The number of amides is 2. The van der Waals surface area contributed by atoms with Gasteiger partial charge in [-0.2, -0.15) is 0 Å². The van der Waals surface area contributed by atoms with Gasteiger partial charge in [0, 0.05) is 27.9 Å². The van der Waals surface area contributed by atoms with E-state index in [2.05, 4.69) is 5.32 Å². The molecule has 3 aromatic carbocycles. The molecule has 0 bridgehead atoms. The topological polar surface area (TPSA) is 67.9 Å². The maximum atomic E-state index is 12.8. The third kappa shape index (κ3) is 6.15.